The number of nitrogens with one attached hydrogen (secondary N) is 1. The van der Waals surface area contributed by atoms with Gasteiger partial charge in [-0.1, -0.05) is 32.0 Å². The second-order valence-corrected chi connectivity index (χ2v) is 8.19. The first-order valence-corrected chi connectivity index (χ1v) is 11.0. The summed E-state index contributed by atoms with van der Waals surface area (Å²) in [6.07, 6.45) is 5.70. The number of aryl methyl sites for hydroxylation is 2. The predicted molar refractivity (Wildman–Crippen MR) is 120 cm³/mol. The SMILES string of the molecule is CCc1ccccc1NC(=O)N(CC(=O)N(Cc1cccn1C)C1CC1)C(C)CC. The van der Waals surface area contributed by atoms with E-state index in [0.29, 0.717) is 6.54 Å². The van der Waals surface area contributed by atoms with Gasteiger partial charge >= 0.3 is 6.03 Å². The van der Waals surface area contributed by atoms with Crippen LogP contribution >= 0.6 is 0 Å². The Hall–Kier alpha value is -2.76. The first-order valence-electron chi connectivity index (χ1n) is 11.0. The lowest BCUT2D eigenvalue weighted by atomic mass is 10.1. The van der Waals surface area contributed by atoms with Crippen LogP contribution < -0.4 is 5.32 Å². The van der Waals surface area contributed by atoms with Gasteiger partial charge in [-0.2, -0.15) is 0 Å². The van der Waals surface area contributed by atoms with Crippen molar-refractivity contribution in [2.45, 2.75) is 65.1 Å². The van der Waals surface area contributed by atoms with E-state index in [1.807, 2.05) is 73.0 Å². The monoisotopic (exact) mass is 410 g/mol. The second-order valence-electron chi connectivity index (χ2n) is 8.19. The van der Waals surface area contributed by atoms with Crippen molar-refractivity contribution < 1.29 is 9.59 Å². The number of urea groups is 1. The number of rotatable bonds is 9. The van der Waals surface area contributed by atoms with Gasteiger partial charge in [-0.15, -0.1) is 0 Å². The van der Waals surface area contributed by atoms with Gasteiger partial charge in [0.05, 0.1) is 6.54 Å². The lowest BCUT2D eigenvalue weighted by Gasteiger charge is -2.31. The van der Waals surface area contributed by atoms with E-state index >= 15 is 0 Å². The maximum Gasteiger partial charge on any atom is 0.322 e. The van der Waals surface area contributed by atoms with Crippen LogP contribution in [-0.4, -0.2) is 44.9 Å². The second kappa shape index (κ2) is 9.83. The van der Waals surface area contributed by atoms with Gasteiger partial charge < -0.3 is 19.7 Å². The van der Waals surface area contributed by atoms with Crippen LogP contribution in [0.5, 0.6) is 0 Å². The van der Waals surface area contributed by atoms with Crippen molar-refractivity contribution in [1.82, 2.24) is 14.4 Å². The fourth-order valence-electron chi connectivity index (χ4n) is 3.66. The number of hydrogen-bond donors (Lipinski definition) is 1. The molecule has 1 aliphatic rings. The van der Waals surface area contributed by atoms with Crippen LogP contribution in [-0.2, 0) is 24.8 Å². The van der Waals surface area contributed by atoms with Crippen molar-refractivity contribution >= 4 is 17.6 Å². The molecule has 1 saturated carbocycles. The number of para-hydroxylation sites is 1. The van der Waals surface area contributed by atoms with E-state index in [2.05, 4.69) is 12.2 Å². The molecule has 1 aliphatic carbocycles. The number of nitrogens with zero attached hydrogens (tertiary/aromatic N) is 3. The van der Waals surface area contributed by atoms with Crippen molar-refractivity contribution in [1.29, 1.82) is 0 Å². The summed E-state index contributed by atoms with van der Waals surface area (Å²) in [6.45, 7) is 6.78. The maximum absolute atomic E-state index is 13.3. The number of aromatic nitrogens is 1. The van der Waals surface area contributed by atoms with Gasteiger partial charge in [0.2, 0.25) is 5.91 Å². The van der Waals surface area contributed by atoms with E-state index in [-0.39, 0.29) is 30.6 Å². The normalized spacial score (nSPS) is 14.3. The molecular formula is C24H34N4O2. The minimum Gasteiger partial charge on any atom is -0.353 e. The highest BCUT2D eigenvalue weighted by Crippen LogP contribution is 2.29. The molecule has 1 fully saturated rings. The Kier molecular flexibility index (Phi) is 7.19. The molecule has 162 valence electrons. The average Bonchev–Trinajstić information content (AvgIpc) is 3.51. The van der Waals surface area contributed by atoms with E-state index in [1.165, 1.54) is 0 Å². The maximum atomic E-state index is 13.3. The minimum absolute atomic E-state index is 0.0120. The lowest BCUT2D eigenvalue weighted by molar-refractivity contribution is -0.133. The smallest absolute Gasteiger partial charge is 0.322 e. The molecule has 1 atom stereocenters. The van der Waals surface area contributed by atoms with E-state index in [1.54, 1.807) is 4.90 Å². The summed E-state index contributed by atoms with van der Waals surface area (Å²) in [5.41, 5.74) is 3.00. The Bertz CT molecular complexity index is 872. The molecule has 6 nitrogen and oxygen atoms in total. The Labute approximate surface area is 179 Å². The summed E-state index contributed by atoms with van der Waals surface area (Å²) >= 11 is 0. The predicted octanol–water partition coefficient (Wildman–Crippen LogP) is 4.41. The van der Waals surface area contributed by atoms with Crippen molar-refractivity contribution in [3.8, 4) is 0 Å². The highest BCUT2D eigenvalue weighted by Gasteiger charge is 2.34. The van der Waals surface area contributed by atoms with Crippen LogP contribution in [0.3, 0.4) is 0 Å². The Balaban J connectivity index is 1.73. The summed E-state index contributed by atoms with van der Waals surface area (Å²) in [5.74, 6) is 0.0120. The van der Waals surface area contributed by atoms with Gasteiger partial charge in [-0.25, -0.2) is 4.79 Å². The molecule has 30 heavy (non-hydrogen) atoms. The third-order valence-electron chi connectivity index (χ3n) is 6.02. The third-order valence-corrected chi connectivity index (χ3v) is 6.02. The molecule has 0 saturated heterocycles. The van der Waals surface area contributed by atoms with Crippen molar-refractivity contribution in [3.63, 3.8) is 0 Å². The topological polar surface area (TPSA) is 57.6 Å². The first kappa shape index (κ1) is 21.9. The summed E-state index contributed by atoms with van der Waals surface area (Å²) in [7, 11) is 2.00. The highest BCUT2D eigenvalue weighted by molar-refractivity contribution is 5.93. The van der Waals surface area contributed by atoms with Gasteiger partial charge in [0.15, 0.2) is 0 Å². The van der Waals surface area contributed by atoms with Gasteiger partial charge in [-0.05, 0) is 56.4 Å². The number of carbonyl (C=O) groups is 2. The van der Waals surface area contributed by atoms with Crippen LogP contribution in [0.4, 0.5) is 10.5 Å². The van der Waals surface area contributed by atoms with Gasteiger partial charge in [-0.3, -0.25) is 4.79 Å². The molecule has 6 heteroatoms. The van der Waals surface area contributed by atoms with Gasteiger partial charge in [0, 0.05) is 36.7 Å². The quantitative estimate of drug-likeness (QED) is 0.666. The molecule has 1 aromatic heterocycles. The summed E-state index contributed by atoms with van der Waals surface area (Å²) in [5, 5.41) is 3.03. The summed E-state index contributed by atoms with van der Waals surface area (Å²) < 4.78 is 2.05. The fourth-order valence-corrected chi connectivity index (χ4v) is 3.66. The molecule has 2 aromatic rings. The molecule has 0 aliphatic heterocycles. The molecule has 1 heterocycles. The molecule has 1 aromatic carbocycles. The van der Waals surface area contributed by atoms with Crippen LogP contribution in [0.1, 0.15) is 51.3 Å². The van der Waals surface area contributed by atoms with Gasteiger partial charge in [0.1, 0.15) is 6.54 Å². The summed E-state index contributed by atoms with van der Waals surface area (Å²) in [6, 6.07) is 11.9. The molecule has 1 unspecified atom stereocenters. The first-order chi connectivity index (χ1) is 14.4. The highest BCUT2D eigenvalue weighted by atomic mass is 16.2. The molecule has 1 N–H and O–H groups in total. The van der Waals surface area contributed by atoms with Crippen molar-refractivity contribution in [3.05, 3.63) is 53.9 Å². The molecule has 3 rings (SSSR count). The van der Waals surface area contributed by atoms with E-state index in [4.69, 9.17) is 0 Å². The van der Waals surface area contributed by atoms with Crippen LogP contribution in [0.15, 0.2) is 42.6 Å². The van der Waals surface area contributed by atoms with Crippen molar-refractivity contribution in [2.75, 3.05) is 11.9 Å². The van der Waals surface area contributed by atoms with Crippen LogP contribution in [0.2, 0.25) is 0 Å². The Morgan fingerprint density at radius 2 is 1.90 bits per heavy atom. The zero-order valence-electron chi connectivity index (χ0n) is 18.6. The molecular weight excluding hydrogens is 376 g/mol. The Morgan fingerprint density at radius 3 is 2.50 bits per heavy atom. The standard InChI is InChI=1S/C24H34N4O2/c1-5-18(3)27(24(30)25-22-12-8-7-10-19(22)6-2)17-23(29)28(20-13-14-20)16-21-11-9-15-26(21)4/h7-12,15,18,20H,5-6,13-14,16-17H2,1-4H3,(H,25,30). The fraction of sp³-hybridized carbons (Fsp3) is 0.500. The zero-order valence-corrected chi connectivity index (χ0v) is 18.6. The number of benzene rings is 1. The number of amides is 3. The molecule has 0 radical (unpaired) electrons. The number of hydrogen-bond acceptors (Lipinski definition) is 2. The summed E-state index contributed by atoms with van der Waals surface area (Å²) in [4.78, 5) is 30.0. The largest absolute Gasteiger partial charge is 0.353 e. The lowest BCUT2D eigenvalue weighted by Crippen LogP contribution is -2.48. The number of carbonyl (C=O) groups excluding carboxylic acids is 2. The third kappa shape index (κ3) is 5.23. The van der Waals surface area contributed by atoms with E-state index in [0.717, 1.165) is 42.6 Å². The minimum atomic E-state index is -0.215. The molecule has 0 bridgehead atoms. The van der Waals surface area contributed by atoms with Crippen molar-refractivity contribution in [2.24, 2.45) is 7.05 Å². The van der Waals surface area contributed by atoms with E-state index < -0.39 is 0 Å². The Morgan fingerprint density at radius 1 is 1.17 bits per heavy atom. The zero-order chi connectivity index (χ0) is 21.7. The van der Waals surface area contributed by atoms with E-state index in [9.17, 15) is 9.59 Å². The van der Waals surface area contributed by atoms with Crippen LogP contribution in [0, 0.1) is 0 Å². The molecule has 0 spiro atoms. The van der Waals surface area contributed by atoms with Crippen LogP contribution in [0.25, 0.3) is 0 Å². The molecule has 3 amide bonds. The van der Waals surface area contributed by atoms with Gasteiger partial charge in [0.25, 0.3) is 0 Å². The average molecular weight is 411 g/mol. The number of anilines is 1.